The van der Waals surface area contributed by atoms with E-state index in [0.717, 1.165) is 0 Å². The van der Waals surface area contributed by atoms with Crippen molar-refractivity contribution in [2.45, 2.75) is 107 Å². The van der Waals surface area contributed by atoms with E-state index in [1.807, 2.05) is 0 Å². The normalized spacial score (nSPS) is 22.9. The zero-order valence-corrected chi connectivity index (χ0v) is 29.2. The van der Waals surface area contributed by atoms with Gasteiger partial charge in [-0.05, 0) is 58.3 Å². The van der Waals surface area contributed by atoms with Gasteiger partial charge in [0.15, 0.2) is 5.96 Å². The number of nitrogens with one attached hydrogen (secondary N) is 3. The van der Waals surface area contributed by atoms with Crippen molar-refractivity contribution >= 4 is 47.4 Å². The molecule has 52 heavy (non-hydrogen) atoms. The lowest BCUT2D eigenvalue weighted by molar-refractivity contribution is -0.154. The summed E-state index contributed by atoms with van der Waals surface area (Å²) in [4.78, 5) is 99.3. The Hall–Kier alpha value is -4.60. The minimum Gasteiger partial charge on any atom is -0.480 e. The predicted molar refractivity (Wildman–Crippen MR) is 181 cm³/mol. The maximum atomic E-state index is 13.8. The number of carboxylic acids is 1. The number of carbonyl (C=O) groups excluding carboxylic acids is 6. The maximum Gasteiger partial charge on any atom is 0.326 e. The summed E-state index contributed by atoms with van der Waals surface area (Å²) in [5.74, 6) is -5.91. The van der Waals surface area contributed by atoms with Gasteiger partial charge in [0.1, 0.15) is 42.3 Å². The van der Waals surface area contributed by atoms with Crippen LogP contribution in [0.1, 0.15) is 58.3 Å². The molecule has 21 nitrogen and oxygen atoms in total. The minimum atomic E-state index is -1.68. The summed E-state index contributed by atoms with van der Waals surface area (Å²) in [5, 5.41) is 46.4. The van der Waals surface area contributed by atoms with E-state index in [9.17, 15) is 54.0 Å². The van der Waals surface area contributed by atoms with Crippen LogP contribution in [0.25, 0.3) is 0 Å². The lowest BCUT2D eigenvalue weighted by atomic mass is 10.1. The van der Waals surface area contributed by atoms with Crippen LogP contribution in [0.2, 0.25) is 0 Å². The smallest absolute Gasteiger partial charge is 0.326 e. The van der Waals surface area contributed by atoms with Gasteiger partial charge in [0, 0.05) is 26.2 Å². The number of guanidine groups is 1. The minimum absolute atomic E-state index is 0.0373. The topological polar surface area (TPSA) is 337 Å². The average Bonchev–Trinajstić information content (AvgIpc) is 3.90. The SMILES string of the molecule is C[C@@H](O)[C@H](NC(=O)[C@H](CCCN=C(N)N)NC(=O)[C@@H](N)CO)C(=O)N[C@@H](CO)C(=O)N1CCC[C@H]1C(=O)N1CCC[C@H]1C(=O)N1CCC[C@H]1C(=O)O. The van der Waals surface area contributed by atoms with Gasteiger partial charge in [0.05, 0.1) is 19.3 Å². The van der Waals surface area contributed by atoms with Gasteiger partial charge in [-0.15, -0.1) is 0 Å². The molecule has 21 heteroatoms. The van der Waals surface area contributed by atoms with Gasteiger partial charge in [-0.25, -0.2) is 4.79 Å². The van der Waals surface area contributed by atoms with Crippen LogP contribution in [0.4, 0.5) is 0 Å². The highest BCUT2D eigenvalue weighted by Gasteiger charge is 2.46. The molecule has 0 aromatic rings. The molecule has 0 bridgehead atoms. The molecule has 0 aromatic carbocycles. The van der Waals surface area contributed by atoms with Crippen LogP contribution in [0.15, 0.2) is 4.99 Å². The van der Waals surface area contributed by atoms with Crippen molar-refractivity contribution in [1.82, 2.24) is 30.7 Å². The highest BCUT2D eigenvalue weighted by molar-refractivity contribution is 5.97. The monoisotopic (exact) mass is 740 g/mol. The summed E-state index contributed by atoms with van der Waals surface area (Å²) in [6, 6.07) is -8.78. The van der Waals surface area contributed by atoms with Gasteiger partial charge >= 0.3 is 5.97 Å². The van der Waals surface area contributed by atoms with Crippen molar-refractivity contribution in [3.05, 3.63) is 0 Å². The molecule has 13 N–H and O–H groups in total. The molecule has 0 spiro atoms. The number of nitrogens with zero attached hydrogens (tertiary/aromatic N) is 4. The van der Waals surface area contributed by atoms with Crippen molar-refractivity contribution in [2.24, 2.45) is 22.2 Å². The molecule has 0 radical (unpaired) electrons. The number of carbonyl (C=O) groups is 7. The van der Waals surface area contributed by atoms with Crippen LogP contribution in [0.3, 0.4) is 0 Å². The van der Waals surface area contributed by atoms with Crippen molar-refractivity contribution in [2.75, 3.05) is 39.4 Å². The quantitative estimate of drug-likeness (QED) is 0.0378. The van der Waals surface area contributed by atoms with Gasteiger partial charge in [-0.3, -0.25) is 33.8 Å². The number of amides is 6. The Morgan fingerprint density at radius 1 is 0.750 bits per heavy atom. The number of aliphatic carboxylic acids is 1. The number of rotatable bonds is 17. The van der Waals surface area contributed by atoms with Crippen LogP contribution in [0, 0.1) is 0 Å². The van der Waals surface area contributed by atoms with Gasteiger partial charge in [0.25, 0.3) is 0 Å². The standard InChI is InChI=1S/C31H52N10O11/c1-16(44)23(38-25(46)18(6-2-10-35-31(33)34)36-24(45)17(32)14-42)26(47)37-19(15-43)27(48)39-11-3-7-20(39)28(49)40-12-4-8-21(40)29(50)41-13-5-9-22(41)30(51)52/h16-23,42-44H,2-15,32H2,1H3,(H,36,45)(H,37,47)(H,38,46)(H,51,52)(H4,33,34,35)/t16-,17+,18+,19+,20+,21+,22+,23+/m1/s1. The number of aliphatic hydroxyl groups excluding tert-OH is 3. The molecule has 3 saturated heterocycles. The van der Waals surface area contributed by atoms with E-state index in [1.165, 1.54) is 21.6 Å². The fourth-order valence-corrected chi connectivity index (χ4v) is 6.68. The molecule has 3 aliphatic heterocycles. The fourth-order valence-electron chi connectivity index (χ4n) is 6.68. The molecule has 0 aromatic heterocycles. The number of carboxylic acid groups (broad SMARTS) is 1. The van der Waals surface area contributed by atoms with Crippen molar-refractivity contribution in [3.63, 3.8) is 0 Å². The van der Waals surface area contributed by atoms with Crippen molar-refractivity contribution in [1.29, 1.82) is 0 Å². The van der Waals surface area contributed by atoms with E-state index >= 15 is 0 Å². The number of nitrogens with two attached hydrogens (primary N) is 3. The van der Waals surface area contributed by atoms with E-state index in [1.54, 1.807) is 0 Å². The molecule has 0 unspecified atom stereocenters. The highest BCUT2D eigenvalue weighted by atomic mass is 16.4. The molecule has 3 fully saturated rings. The van der Waals surface area contributed by atoms with E-state index in [2.05, 4.69) is 20.9 Å². The Bertz CT molecular complexity index is 1360. The van der Waals surface area contributed by atoms with Gasteiger partial charge in [0.2, 0.25) is 35.4 Å². The Morgan fingerprint density at radius 2 is 1.27 bits per heavy atom. The number of hydrogen-bond acceptors (Lipinski definition) is 12. The molecule has 3 aliphatic rings. The second kappa shape index (κ2) is 19.3. The molecular weight excluding hydrogens is 688 g/mol. The van der Waals surface area contributed by atoms with Crippen molar-refractivity contribution < 1.29 is 54.0 Å². The van der Waals surface area contributed by atoms with Gasteiger partial charge in [-0.1, -0.05) is 0 Å². The number of aliphatic imine (C=N–C) groups is 1. The summed E-state index contributed by atoms with van der Waals surface area (Å²) in [7, 11) is 0. The summed E-state index contributed by atoms with van der Waals surface area (Å²) >= 11 is 0. The largest absolute Gasteiger partial charge is 0.480 e. The first-order chi connectivity index (χ1) is 24.6. The van der Waals surface area contributed by atoms with E-state index < -0.39 is 103 Å². The molecule has 292 valence electrons. The number of likely N-dealkylation sites (tertiary alicyclic amines) is 3. The molecule has 0 aliphatic carbocycles. The van der Waals surface area contributed by atoms with E-state index in [4.69, 9.17) is 17.2 Å². The van der Waals surface area contributed by atoms with Gasteiger partial charge in [-0.2, -0.15) is 0 Å². The van der Waals surface area contributed by atoms with Crippen LogP contribution in [-0.4, -0.2) is 170 Å². The van der Waals surface area contributed by atoms with Crippen LogP contribution in [-0.2, 0) is 33.6 Å². The molecule has 6 amide bonds. The Kier molecular flexibility index (Phi) is 15.5. The fraction of sp³-hybridized carbons (Fsp3) is 0.742. The van der Waals surface area contributed by atoms with Crippen LogP contribution < -0.4 is 33.2 Å². The summed E-state index contributed by atoms with van der Waals surface area (Å²) in [5.41, 5.74) is 16.2. The molecule has 0 saturated carbocycles. The Labute approximate surface area is 300 Å². The molecule has 3 heterocycles. The first kappa shape index (κ1) is 41.8. The first-order valence-electron chi connectivity index (χ1n) is 17.4. The van der Waals surface area contributed by atoms with Gasteiger partial charge < -0.3 is 68.3 Å². The summed E-state index contributed by atoms with van der Waals surface area (Å²) in [6.07, 6.45) is 0.977. The van der Waals surface area contributed by atoms with Crippen LogP contribution in [0.5, 0.6) is 0 Å². The summed E-state index contributed by atoms with van der Waals surface area (Å²) in [6.45, 7) is 0.272. The highest BCUT2D eigenvalue weighted by Crippen LogP contribution is 2.28. The lowest BCUT2D eigenvalue weighted by Crippen LogP contribution is -2.62. The second-order valence-electron chi connectivity index (χ2n) is 13.2. The molecular formula is C31H52N10O11. The van der Waals surface area contributed by atoms with E-state index in [0.29, 0.717) is 32.1 Å². The van der Waals surface area contributed by atoms with Crippen LogP contribution >= 0.6 is 0 Å². The maximum absolute atomic E-state index is 13.8. The van der Waals surface area contributed by atoms with Crippen molar-refractivity contribution in [3.8, 4) is 0 Å². The Balaban J connectivity index is 1.70. The lowest BCUT2D eigenvalue weighted by Gasteiger charge is -2.34. The second-order valence-corrected chi connectivity index (χ2v) is 13.2. The summed E-state index contributed by atoms with van der Waals surface area (Å²) < 4.78 is 0. The number of aliphatic hydroxyl groups is 3. The predicted octanol–water partition coefficient (Wildman–Crippen LogP) is -5.76. The zero-order chi connectivity index (χ0) is 38.7. The molecule has 8 atom stereocenters. The average molecular weight is 741 g/mol. The third kappa shape index (κ3) is 10.5. The number of hydrogen-bond donors (Lipinski definition) is 10. The third-order valence-electron chi connectivity index (χ3n) is 9.43. The third-order valence-corrected chi connectivity index (χ3v) is 9.43. The van der Waals surface area contributed by atoms with E-state index in [-0.39, 0.29) is 51.4 Å². The zero-order valence-electron chi connectivity index (χ0n) is 29.2. The molecule has 3 rings (SSSR count). The Morgan fingerprint density at radius 3 is 1.79 bits per heavy atom. The first-order valence-corrected chi connectivity index (χ1v) is 17.4.